The molecule has 1 unspecified atom stereocenters. The Balaban J connectivity index is 2.07. The lowest BCUT2D eigenvalue weighted by Crippen LogP contribution is -2.36. The van der Waals surface area contributed by atoms with E-state index in [4.69, 9.17) is 5.73 Å². The standard InChI is InChI=1S/C16H18BrN3O3/c1-11(20(23)16(18)22)14-3-2-10-19(14)15(21)9-6-12-4-7-13(17)8-5-12/h2-5,7-8,10-11,23H,6,9H2,1H3,(H2,18,22). The highest BCUT2D eigenvalue weighted by Gasteiger charge is 2.22. The Kier molecular flexibility index (Phi) is 5.57. The summed E-state index contributed by atoms with van der Waals surface area (Å²) in [6.45, 7) is 1.60. The summed E-state index contributed by atoms with van der Waals surface area (Å²) in [5.74, 6) is -0.113. The molecule has 23 heavy (non-hydrogen) atoms. The number of hydrogen-bond donors (Lipinski definition) is 2. The zero-order valence-electron chi connectivity index (χ0n) is 12.6. The van der Waals surface area contributed by atoms with Crippen LogP contribution in [0.4, 0.5) is 4.79 Å². The van der Waals surface area contributed by atoms with Crippen LogP contribution in [0.25, 0.3) is 0 Å². The van der Waals surface area contributed by atoms with Gasteiger partial charge in [-0.3, -0.25) is 14.6 Å². The lowest BCUT2D eigenvalue weighted by molar-refractivity contribution is -0.0726. The van der Waals surface area contributed by atoms with Gasteiger partial charge >= 0.3 is 6.03 Å². The van der Waals surface area contributed by atoms with Gasteiger partial charge in [0.2, 0.25) is 5.91 Å². The molecule has 0 aliphatic heterocycles. The number of primary amides is 1. The highest BCUT2D eigenvalue weighted by Crippen LogP contribution is 2.20. The SMILES string of the molecule is CC(c1cccn1C(=O)CCc1ccc(Br)cc1)N(O)C(N)=O. The van der Waals surface area contributed by atoms with Crippen LogP contribution in [0.1, 0.15) is 35.4 Å². The second-order valence-corrected chi connectivity index (χ2v) is 6.10. The molecule has 2 aromatic rings. The molecular weight excluding hydrogens is 362 g/mol. The average molecular weight is 380 g/mol. The van der Waals surface area contributed by atoms with Crippen molar-refractivity contribution in [2.75, 3.05) is 0 Å². The second-order valence-electron chi connectivity index (χ2n) is 5.18. The Morgan fingerprint density at radius 2 is 1.96 bits per heavy atom. The van der Waals surface area contributed by atoms with Crippen molar-refractivity contribution >= 4 is 27.9 Å². The Morgan fingerprint density at radius 3 is 2.57 bits per heavy atom. The predicted molar refractivity (Wildman–Crippen MR) is 89.1 cm³/mol. The number of amides is 2. The molecular formula is C16H18BrN3O3. The lowest BCUT2D eigenvalue weighted by atomic mass is 10.1. The van der Waals surface area contributed by atoms with Gasteiger partial charge in [-0.15, -0.1) is 0 Å². The molecule has 0 radical (unpaired) electrons. The fourth-order valence-corrected chi connectivity index (χ4v) is 2.57. The van der Waals surface area contributed by atoms with E-state index < -0.39 is 12.1 Å². The van der Waals surface area contributed by atoms with Gasteiger partial charge in [0.1, 0.15) is 0 Å². The van der Waals surface area contributed by atoms with Crippen LogP contribution in [0.15, 0.2) is 47.1 Å². The molecule has 2 rings (SSSR count). The molecule has 0 saturated carbocycles. The first-order chi connectivity index (χ1) is 10.9. The second kappa shape index (κ2) is 7.43. The zero-order chi connectivity index (χ0) is 17.0. The smallest absolute Gasteiger partial charge is 0.339 e. The van der Waals surface area contributed by atoms with Crippen LogP contribution in [-0.2, 0) is 6.42 Å². The minimum atomic E-state index is -0.965. The lowest BCUT2D eigenvalue weighted by Gasteiger charge is -2.21. The van der Waals surface area contributed by atoms with Gasteiger partial charge in [0.25, 0.3) is 0 Å². The summed E-state index contributed by atoms with van der Waals surface area (Å²) < 4.78 is 2.43. The van der Waals surface area contributed by atoms with Gasteiger partial charge in [-0.2, -0.15) is 5.06 Å². The van der Waals surface area contributed by atoms with E-state index in [1.54, 1.807) is 25.3 Å². The number of halogens is 1. The van der Waals surface area contributed by atoms with Crippen LogP contribution < -0.4 is 5.73 Å². The number of aryl methyl sites for hydroxylation is 1. The molecule has 1 atom stereocenters. The quantitative estimate of drug-likeness (QED) is 0.616. The van der Waals surface area contributed by atoms with Gasteiger partial charge in [-0.25, -0.2) is 4.79 Å². The number of nitrogens with zero attached hydrogens (tertiary/aromatic N) is 2. The minimum absolute atomic E-state index is 0.113. The molecule has 0 aliphatic carbocycles. The summed E-state index contributed by atoms with van der Waals surface area (Å²) >= 11 is 3.37. The van der Waals surface area contributed by atoms with E-state index in [1.165, 1.54) is 4.57 Å². The Hall–Kier alpha value is -2.12. The van der Waals surface area contributed by atoms with Crippen LogP contribution >= 0.6 is 15.9 Å². The van der Waals surface area contributed by atoms with Gasteiger partial charge in [0.05, 0.1) is 11.7 Å². The van der Waals surface area contributed by atoms with E-state index in [-0.39, 0.29) is 5.91 Å². The van der Waals surface area contributed by atoms with Gasteiger partial charge in [0, 0.05) is 17.1 Å². The fourth-order valence-electron chi connectivity index (χ4n) is 2.30. The molecule has 0 fully saturated rings. The van der Waals surface area contributed by atoms with Crippen molar-refractivity contribution in [3.63, 3.8) is 0 Å². The van der Waals surface area contributed by atoms with E-state index in [1.807, 2.05) is 24.3 Å². The monoisotopic (exact) mass is 379 g/mol. The number of hydrogen-bond acceptors (Lipinski definition) is 3. The van der Waals surface area contributed by atoms with Gasteiger partial charge < -0.3 is 5.73 Å². The van der Waals surface area contributed by atoms with Crippen molar-refractivity contribution in [1.29, 1.82) is 0 Å². The molecule has 1 aromatic heterocycles. The predicted octanol–water partition coefficient (Wildman–Crippen LogP) is 3.35. The van der Waals surface area contributed by atoms with E-state index in [0.29, 0.717) is 23.6 Å². The summed E-state index contributed by atoms with van der Waals surface area (Å²) in [5, 5.41) is 10.0. The van der Waals surface area contributed by atoms with Crippen LogP contribution in [0.3, 0.4) is 0 Å². The van der Waals surface area contributed by atoms with Gasteiger partial charge in [-0.05, 0) is 43.2 Å². The van der Waals surface area contributed by atoms with Crippen molar-refractivity contribution in [3.8, 4) is 0 Å². The molecule has 0 aliphatic rings. The number of nitrogens with two attached hydrogens (primary N) is 1. The molecule has 0 saturated heterocycles. The van der Waals surface area contributed by atoms with Crippen molar-refractivity contribution in [2.24, 2.45) is 5.73 Å². The maximum atomic E-state index is 12.4. The number of aromatic nitrogens is 1. The fraction of sp³-hybridized carbons (Fsp3) is 0.250. The van der Waals surface area contributed by atoms with Crippen molar-refractivity contribution in [3.05, 3.63) is 58.3 Å². The summed E-state index contributed by atoms with van der Waals surface area (Å²) in [5.41, 5.74) is 6.62. The van der Waals surface area contributed by atoms with E-state index in [2.05, 4.69) is 15.9 Å². The molecule has 0 spiro atoms. The highest BCUT2D eigenvalue weighted by atomic mass is 79.9. The van der Waals surface area contributed by atoms with Crippen LogP contribution in [0, 0.1) is 0 Å². The van der Waals surface area contributed by atoms with Crippen LogP contribution in [0.2, 0.25) is 0 Å². The summed E-state index contributed by atoms with van der Waals surface area (Å²) in [6.07, 6.45) is 2.54. The third-order valence-corrected chi connectivity index (χ3v) is 4.14. The van der Waals surface area contributed by atoms with Gasteiger partial charge in [-0.1, -0.05) is 28.1 Å². The van der Waals surface area contributed by atoms with Crippen molar-refractivity contribution in [2.45, 2.75) is 25.8 Å². The van der Waals surface area contributed by atoms with Gasteiger partial charge in [0.15, 0.2) is 0 Å². The first-order valence-electron chi connectivity index (χ1n) is 7.12. The molecule has 1 aromatic carbocycles. The number of carbonyl (C=O) groups is 2. The maximum Gasteiger partial charge on any atom is 0.339 e. The Morgan fingerprint density at radius 1 is 1.30 bits per heavy atom. The number of urea groups is 1. The van der Waals surface area contributed by atoms with E-state index in [9.17, 15) is 14.8 Å². The summed E-state index contributed by atoms with van der Waals surface area (Å²) in [6, 6.07) is 9.47. The molecule has 0 bridgehead atoms. The molecule has 1 heterocycles. The van der Waals surface area contributed by atoms with Crippen LogP contribution in [0.5, 0.6) is 0 Å². The third-order valence-electron chi connectivity index (χ3n) is 3.61. The molecule has 2 amide bonds. The molecule has 3 N–H and O–H groups in total. The minimum Gasteiger partial charge on any atom is -0.350 e. The first kappa shape index (κ1) is 17.2. The van der Waals surface area contributed by atoms with Crippen molar-refractivity contribution in [1.82, 2.24) is 9.63 Å². The van der Waals surface area contributed by atoms with Crippen molar-refractivity contribution < 1.29 is 14.8 Å². The highest BCUT2D eigenvalue weighted by molar-refractivity contribution is 9.10. The summed E-state index contributed by atoms with van der Waals surface area (Å²) in [4.78, 5) is 23.5. The van der Waals surface area contributed by atoms with Crippen LogP contribution in [-0.4, -0.2) is 26.8 Å². The maximum absolute atomic E-state index is 12.4. The van der Waals surface area contributed by atoms with E-state index >= 15 is 0 Å². The number of carbonyl (C=O) groups excluding carboxylic acids is 2. The number of hydroxylamine groups is 2. The Labute approximate surface area is 142 Å². The molecule has 6 nitrogen and oxygen atoms in total. The number of rotatable bonds is 5. The normalized spacial score (nSPS) is 12.0. The molecule has 122 valence electrons. The largest absolute Gasteiger partial charge is 0.350 e. The molecule has 7 heteroatoms. The topological polar surface area (TPSA) is 88.6 Å². The zero-order valence-corrected chi connectivity index (χ0v) is 14.2. The summed E-state index contributed by atoms with van der Waals surface area (Å²) in [7, 11) is 0. The third kappa shape index (κ3) is 4.20. The van der Waals surface area contributed by atoms with E-state index in [0.717, 1.165) is 10.0 Å². The first-order valence-corrected chi connectivity index (χ1v) is 7.92. The average Bonchev–Trinajstić information content (AvgIpc) is 3.02. The Bertz CT molecular complexity index is 697. The number of benzene rings is 1.